The normalized spacial score (nSPS) is 10.8. The molecule has 3 heteroatoms. The van der Waals surface area contributed by atoms with Crippen LogP contribution in [0.4, 0.5) is 5.82 Å². The van der Waals surface area contributed by atoms with E-state index >= 15 is 0 Å². The number of carbonyl (C=O) groups is 1. The van der Waals surface area contributed by atoms with E-state index < -0.39 is 0 Å². The summed E-state index contributed by atoms with van der Waals surface area (Å²) in [5.74, 6) is 0.570. The molecule has 0 spiro atoms. The molecule has 2 N–H and O–H groups in total. The van der Waals surface area contributed by atoms with Crippen molar-refractivity contribution in [1.29, 1.82) is 0 Å². The summed E-state index contributed by atoms with van der Waals surface area (Å²) in [7, 11) is 0. The molecule has 0 atom stereocenters. The largest absolute Gasteiger partial charge is 0.289 e. The fourth-order valence-electron chi connectivity index (χ4n) is 1.93. The smallest absolute Gasteiger partial charge is 0.276 e. The quantitative estimate of drug-likeness (QED) is 0.519. The van der Waals surface area contributed by atoms with E-state index in [1.165, 1.54) is 6.08 Å². The second-order valence-electron chi connectivity index (χ2n) is 4.53. The van der Waals surface area contributed by atoms with E-state index in [-0.39, 0.29) is 5.78 Å². The van der Waals surface area contributed by atoms with Gasteiger partial charge in [-0.25, -0.2) is 4.57 Å². The molecule has 0 bridgehead atoms. The van der Waals surface area contributed by atoms with Crippen molar-refractivity contribution >= 4 is 17.8 Å². The number of aromatic nitrogens is 1. The standard InChI is InChI=1S/C16H16N2O/c1-12-6-7-14(13(2)11-12)15(19)8-10-18-9-4-3-5-16(18)17/h3-11,17H,1-2H3/p+1. The summed E-state index contributed by atoms with van der Waals surface area (Å²) in [5, 5.41) is 0. The van der Waals surface area contributed by atoms with E-state index in [1.807, 2.05) is 44.2 Å². The lowest BCUT2D eigenvalue weighted by molar-refractivity contribution is -0.552. The van der Waals surface area contributed by atoms with E-state index in [9.17, 15) is 4.79 Å². The van der Waals surface area contributed by atoms with Crippen molar-refractivity contribution in [2.45, 2.75) is 13.8 Å². The number of hydrogen-bond donors (Lipinski definition) is 1. The van der Waals surface area contributed by atoms with E-state index in [0.29, 0.717) is 5.82 Å². The number of aryl methyl sites for hydroxylation is 2. The Labute approximate surface area is 113 Å². The second-order valence-corrected chi connectivity index (χ2v) is 4.53. The summed E-state index contributed by atoms with van der Waals surface area (Å²) in [5.41, 5.74) is 8.65. The zero-order valence-corrected chi connectivity index (χ0v) is 11.1. The summed E-state index contributed by atoms with van der Waals surface area (Å²) in [6, 6.07) is 11.3. The topological polar surface area (TPSA) is 47.0 Å². The third-order valence-corrected chi connectivity index (χ3v) is 2.96. The van der Waals surface area contributed by atoms with Gasteiger partial charge < -0.3 is 0 Å². The molecule has 96 valence electrons. The van der Waals surface area contributed by atoms with Gasteiger partial charge in [0.15, 0.2) is 5.78 Å². The molecular weight excluding hydrogens is 236 g/mol. The predicted molar refractivity (Wildman–Crippen MR) is 76.6 cm³/mol. The molecule has 0 radical (unpaired) electrons. The molecule has 1 aromatic carbocycles. The Morgan fingerprint density at radius 1 is 1.21 bits per heavy atom. The van der Waals surface area contributed by atoms with Crippen LogP contribution in [0.15, 0.2) is 48.7 Å². The maximum absolute atomic E-state index is 12.1. The third kappa shape index (κ3) is 3.07. The molecule has 0 aliphatic rings. The highest BCUT2D eigenvalue weighted by Gasteiger charge is 2.06. The highest BCUT2D eigenvalue weighted by molar-refractivity contribution is 6.06. The summed E-state index contributed by atoms with van der Waals surface area (Å²) in [6.45, 7) is 3.95. The Bertz CT molecular complexity index is 645. The molecule has 0 amide bonds. The number of benzene rings is 1. The Balaban J connectivity index is 2.24. The molecule has 3 nitrogen and oxygen atoms in total. The summed E-state index contributed by atoms with van der Waals surface area (Å²) in [6.07, 6.45) is 5.02. The van der Waals surface area contributed by atoms with Crippen molar-refractivity contribution in [3.63, 3.8) is 0 Å². The molecule has 0 unspecified atom stereocenters. The van der Waals surface area contributed by atoms with E-state index in [0.717, 1.165) is 16.7 Å². The molecule has 1 heterocycles. The number of nitrogen functional groups attached to an aromatic ring is 1. The van der Waals surface area contributed by atoms with Crippen LogP contribution < -0.4 is 10.3 Å². The van der Waals surface area contributed by atoms with Gasteiger partial charge in [0, 0.05) is 17.7 Å². The van der Waals surface area contributed by atoms with Crippen LogP contribution >= 0.6 is 0 Å². The number of pyridine rings is 1. The summed E-state index contributed by atoms with van der Waals surface area (Å²) in [4.78, 5) is 12.1. The van der Waals surface area contributed by atoms with Crippen molar-refractivity contribution in [2.75, 3.05) is 5.73 Å². The SMILES string of the molecule is Cc1ccc(C(=O)C=C[n+]2ccccc2N)c(C)c1. The highest BCUT2D eigenvalue weighted by atomic mass is 16.1. The number of anilines is 1. The second kappa shape index (κ2) is 5.48. The number of nitrogens with zero attached hydrogens (tertiary/aromatic N) is 1. The Morgan fingerprint density at radius 2 is 2.00 bits per heavy atom. The fraction of sp³-hybridized carbons (Fsp3) is 0.125. The first-order chi connectivity index (χ1) is 9.08. The number of rotatable bonds is 3. The third-order valence-electron chi connectivity index (χ3n) is 2.96. The first kappa shape index (κ1) is 13.0. The van der Waals surface area contributed by atoms with Crippen LogP contribution in [-0.2, 0) is 0 Å². The number of nitrogens with two attached hydrogens (primary N) is 1. The summed E-state index contributed by atoms with van der Waals surface area (Å²) >= 11 is 0. The first-order valence-corrected chi connectivity index (χ1v) is 6.13. The molecule has 2 aromatic rings. The zero-order chi connectivity index (χ0) is 13.8. The zero-order valence-electron chi connectivity index (χ0n) is 11.1. The Kier molecular flexibility index (Phi) is 3.76. The molecule has 0 aliphatic carbocycles. The van der Waals surface area contributed by atoms with Crippen LogP contribution in [0.3, 0.4) is 0 Å². The summed E-state index contributed by atoms with van der Waals surface area (Å²) < 4.78 is 1.71. The van der Waals surface area contributed by atoms with E-state index in [2.05, 4.69) is 0 Å². The lowest BCUT2D eigenvalue weighted by Crippen LogP contribution is -2.29. The van der Waals surface area contributed by atoms with Crippen molar-refractivity contribution in [3.05, 3.63) is 65.4 Å². The molecular formula is C16H17N2O+. The Hall–Kier alpha value is -2.42. The highest BCUT2D eigenvalue weighted by Crippen LogP contribution is 2.11. The van der Waals surface area contributed by atoms with Gasteiger partial charge in [-0.15, -0.1) is 0 Å². The van der Waals surface area contributed by atoms with Crippen molar-refractivity contribution in [3.8, 4) is 0 Å². The number of allylic oxidation sites excluding steroid dienone is 1. The average molecular weight is 253 g/mol. The van der Waals surface area contributed by atoms with Gasteiger partial charge in [-0.1, -0.05) is 29.8 Å². The minimum atomic E-state index is -0.0201. The van der Waals surface area contributed by atoms with Crippen LogP contribution in [0.5, 0.6) is 0 Å². The number of ketones is 1. The lowest BCUT2D eigenvalue weighted by atomic mass is 10.0. The van der Waals surface area contributed by atoms with Crippen LogP contribution in [-0.4, -0.2) is 5.78 Å². The van der Waals surface area contributed by atoms with Crippen molar-refractivity contribution < 1.29 is 9.36 Å². The fourth-order valence-corrected chi connectivity index (χ4v) is 1.93. The molecule has 0 fully saturated rings. The van der Waals surface area contributed by atoms with Crippen LogP contribution in [0.25, 0.3) is 6.20 Å². The lowest BCUT2D eigenvalue weighted by Gasteiger charge is -2.02. The molecule has 2 rings (SSSR count). The predicted octanol–water partition coefficient (Wildman–Crippen LogP) is 2.53. The monoisotopic (exact) mass is 253 g/mol. The van der Waals surface area contributed by atoms with Gasteiger partial charge in [-0.2, -0.15) is 0 Å². The molecule has 0 saturated heterocycles. The van der Waals surface area contributed by atoms with Gasteiger partial charge in [0.1, 0.15) is 0 Å². The molecule has 19 heavy (non-hydrogen) atoms. The van der Waals surface area contributed by atoms with Gasteiger partial charge in [0.05, 0.1) is 12.4 Å². The van der Waals surface area contributed by atoms with Crippen molar-refractivity contribution in [1.82, 2.24) is 0 Å². The first-order valence-electron chi connectivity index (χ1n) is 6.13. The van der Waals surface area contributed by atoms with Crippen LogP contribution in [0.1, 0.15) is 21.5 Å². The molecule has 0 aliphatic heterocycles. The van der Waals surface area contributed by atoms with Gasteiger partial charge >= 0.3 is 0 Å². The number of hydrogen-bond acceptors (Lipinski definition) is 2. The van der Waals surface area contributed by atoms with Gasteiger partial charge in [-0.3, -0.25) is 10.5 Å². The van der Waals surface area contributed by atoms with E-state index in [4.69, 9.17) is 5.73 Å². The van der Waals surface area contributed by atoms with Crippen LogP contribution in [0.2, 0.25) is 0 Å². The minimum absolute atomic E-state index is 0.0201. The molecule has 0 saturated carbocycles. The maximum Gasteiger partial charge on any atom is 0.276 e. The molecule has 1 aromatic heterocycles. The van der Waals surface area contributed by atoms with Gasteiger partial charge in [-0.05, 0) is 25.5 Å². The Morgan fingerprint density at radius 3 is 2.68 bits per heavy atom. The average Bonchev–Trinajstić information content (AvgIpc) is 2.37. The van der Waals surface area contributed by atoms with Crippen molar-refractivity contribution in [2.24, 2.45) is 0 Å². The van der Waals surface area contributed by atoms with Gasteiger partial charge in [0.2, 0.25) is 0 Å². The minimum Gasteiger partial charge on any atom is -0.289 e. The van der Waals surface area contributed by atoms with Gasteiger partial charge in [0.25, 0.3) is 5.82 Å². The van der Waals surface area contributed by atoms with E-state index in [1.54, 1.807) is 23.0 Å². The van der Waals surface area contributed by atoms with Crippen LogP contribution in [0, 0.1) is 13.8 Å². The maximum atomic E-state index is 12.1. The number of carbonyl (C=O) groups excluding carboxylic acids is 1.